The van der Waals surface area contributed by atoms with Gasteiger partial charge in [0.2, 0.25) is 5.91 Å². The molecule has 0 aliphatic heterocycles. The fraction of sp³-hybridized carbons (Fsp3) is 0.500. The SMILES string of the molecule is CCNC(=NCC(=O)Nc1cccc(F)c1)NCC(C)(C)OC. The normalized spacial score (nSPS) is 12.0. The molecule has 0 heterocycles. The molecule has 0 radical (unpaired) electrons. The van der Waals surface area contributed by atoms with Crippen LogP contribution in [0, 0.1) is 5.82 Å². The number of benzene rings is 1. The molecule has 1 amide bonds. The third-order valence-corrected chi connectivity index (χ3v) is 3.07. The molecule has 128 valence electrons. The molecule has 1 rings (SSSR count). The van der Waals surface area contributed by atoms with Gasteiger partial charge in [-0.2, -0.15) is 0 Å². The monoisotopic (exact) mass is 324 g/mol. The largest absolute Gasteiger partial charge is 0.377 e. The van der Waals surface area contributed by atoms with Crippen molar-refractivity contribution in [1.82, 2.24) is 10.6 Å². The second-order valence-corrected chi connectivity index (χ2v) is 5.57. The summed E-state index contributed by atoms with van der Waals surface area (Å²) in [5, 5.41) is 8.76. The van der Waals surface area contributed by atoms with Crippen molar-refractivity contribution in [3.05, 3.63) is 30.1 Å². The molecule has 0 aromatic heterocycles. The van der Waals surface area contributed by atoms with E-state index in [-0.39, 0.29) is 18.1 Å². The summed E-state index contributed by atoms with van der Waals surface area (Å²) in [5.41, 5.74) is 0.0590. The first-order chi connectivity index (χ1) is 10.9. The number of hydrogen-bond donors (Lipinski definition) is 3. The number of guanidine groups is 1. The van der Waals surface area contributed by atoms with Gasteiger partial charge in [0.15, 0.2) is 5.96 Å². The number of ether oxygens (including phenoxy) is 1. The van der Waals surface area contributed by atoms with Crippen molar-refractivity contribution >= 4 is 17.6 Å². The molecule has 6 nitrogen and oxygen atoms in total. The number of carbonyl (C=O) groups excluding carboxylic acids is 1. The Labute approximate surface area is 136 Å². The number of amides is 1. The summed E-state index contributed by atoms with van der Waals surface area (Å²) < 4.78 is 18.4. The first-order valence-corrected chi connectivity index (χ1v) is 7.49. The van der Waals surface area contributed by atoms with E-state index in [1.54, 1.807) is 13.2 Å². The minimum absolute atomic E-state index is 0.0702. The van der Waals surface area contributed by atoms with Gasteiger partial charge in [-0.1, -0.05) is 6.07 Å². The highest BCUT2D eigenvalue weighted by Gasteiger charge is 2.16. The molecular formula is C16H25FN4O2. The van der Waals surface area contributed by atoms with E-state index < -0.39 is 5.82 Å². The van der Waals surface area contributed by atoms with Crippen molar-refractivity contribution in [2.75, 3.05) is 32.1 Å². The van der Waals surface area contributed by atoms with Gasteiger partial charge in [0.1, 0.15) is 12.4 Å². The molecule has 0 fully saturated rings. The number of halogens is 1. The molecule has 0 saturated heterocycles. The second-order valence-electron chi connectivity index (χ2n) is 5.57. The van der Waals surface area contributed by atoms with Gasteiger partial charge < -0.3 is 20.7 Å². The molecule has 1 aromatic carbocycles. The van der Waals surface area contributed by atoms with E-state index in [0.717, 1.165) is 0 Å². The molecule has 1 aromatic rings. The van der Waals surface area contributed by atoms with Gasteiger partial charge in [0.25, 0.3) is 0 Å². The Morgan fingerprint density at radius 2 is 2.09 bits per heavy atom. The van der Waals surface area contributed by atoms with Gasteiger partial charge in [-0.05, 0) is 39.0 Å². The number of nitrogens with zero attached hydrogens (tertiary/aromatic N) is 1. The van der Waals surface area contributed by atoms with Crippen molar-refractivity contribution in [1.29, 1.82) is 0 Å². The van der Waals surface area contributed by atoms with Crippen molar-refractivity contribution in [3.63, 3.8) is 0 Å². The van der Waals surface area contributed by atoms with Crippen LogP contribution in [0.15, 0.2) is 29.3 Å². The lowest BCUT2D eigenvalue weighted by Gasteiger charge is -2.24. The quantitative estimate of drug-likeness (QED) is 0.528. The van der Waals surface area contributed by atoms with Crippen LogP contribution in [0.3, 0.4) is 0 Å². The summed E-state index contributed by atoms with van der Waals surface area (Å²) in [6.07, 6.45) is 0. The van der Waals surface area contributed by atoms with E-state index in [0.29, 0.717) is 24.7 Å². The van der Waals surface area contributed by atoms with Crippen LogP contribution in [0.25, 0.3) is 0 Å². The molecule has 0 saturated carbocycles. The average molecular weight is 324 g/mol. The van der Waals surface area contributed by atoms with Crippen molar-refractivity contribution < 1.29 is 13.9 Å². The second kappa shape index (κ2) is 9.09. The van der Waals surface area contributed by atoms with Gasteiger partial charge in [0, 0.05) is 25.9 Å². The first-order valence-electron chi connectivity index (χ1n) is 7.49. The van der Waals surface area contributed by atoms with E-state index in [9.17, 15) is 9.18 Å². The van der Waals surface area contributed by atoms with E-state index in [1.807, 2.05) is 20.8 Å². The van der Waals surface area contributed by atoms with E-state index >= 15 is 0 Å². The zero-order valence-corrected chi connectivity index (χ0v) is 14.1. The van der Waals surface area contributed by atoms with Crippen LogP contribution < -0.4 is 16.0 Å². The molecule has 0 atom stereocenters. The molecule has 0 aliphatic rings. The zero-order chi connectivity index (χ0) is 17.3. The van der Waals surface area contributed by atoms with E-state index in [1.165, 1.54) is 18.2 Å². The Morgan fingerprint density at radius 3 is 2.70 bits per heavy atom. The third-order valence-electron chi connectivity index (χ3n) is 3.07. The number of hydrogen-bond acceptors (Lipinski definition) is 3. The summed E-state index contributed by atoms with van der Waals surface area (Å²) in [5.74, 6) is -0.200. The summed E-state index contributed by atoms with van der Waals surface area (Å²) in [7, 11) is 1.64. The molecule has 7 heteroatoms. The Balaban J connectivity index is 2.57. The zero-order valence-electron chi connectivity index (χ0n) is 14.1. The summed E-state index contributed by atoms with van der Waals surface area (Å²) >= 11 is 0. The van der Waals surface area contributed by atoms with Crippen LogP contribution in [-0.2, 0) is 9.53 Å². The standard InChI is InChI=1S/C16H25FN4O2/c1-5-18-15(20-11-16(2,3)23-4)19-10-14(22)21-13-8-6-7-12(17)9-13/h6-9H,5,10-11H2,1-4H3,(H,21,22)(H2,18,19,20). The highest BCUT2D eigenvalue weighted by Crippen LogP contribution is 2.08. The number of rotatable bonds is 7. The number of methoxy groups -OCH3 is 1. The maximum absolute atomic E-state index is 13.1. The summed E-state index contributed by atoms with van der Waals surface area (Å²) in [4.78, 5) is 16.1. The van der Waals surface area contributed by atoms with E-state index in [2.05, 4.69) is 20.9 Å². The maximum atomic E-state index is 13.1. The Morgan fingerprint density at radius 1 is 1.35 bits per heavy atom. The summed E-state index contributed by atoms with van der Waals surface area (Å²) in [6.45, 7) is 6.97. The highest BCUT2D eigenvalue weighted by atomic mass is 19.1. The van der Waals surface area contributed by atoms with E-state index in [4.69, 9.17) is 4.74 Å². The molecule has 3 N–H and O–H groups in total. The summed E-state index contributed by atoms with van der Waals surface area (Å²) in [6, 6.07) is 5.73. The molecule has 0 spiro atoms. The number of carbonyl (C=O) groups is 1. The smallest absolute Gasteiger partial charge is 0.246 e. The first kappa shape index (κ1) is 18.9. The minimum atomic E-state index is -0.400. The predicted octanol–water partition coefficient (Wildman–Crippen LogP) is 1.74. The highest BCUT2D eigenvalue weighted by molar-refractivity contribution is 5.94. The van der Waals surface area contributed by atoms with Crippen LogP contribution in [-0.4, -0.2) is 44.2 Å². The Hall–Kier alpha value is -2.15. The van der Waals surface area contributed by atoms with Crippen LogP contribution in [0.5, 0.6) is 0 Å². The van der Waals surface area contributed by atoms with Crippen LogP contribution in [0.1, 0.15) is 20.8 Å². The van der Waals surface area contributed by atoms with Gasteiger partial charge in [0.05, 0.1) is 5.60 Å². The molecule has 0 aliphatic carbocycles. The predicted molar refractivity (Wildman–Crippen MR) is 90.1 cm³/mol. The number of aliphatic imine (C=N–C) groups is 1. The van der Waals surface area contributed by atoms with Gasteiger partial charge in [-0.3, -0.25) is 4.79 Å². The molecule has 23 heavy (non-hydrogen) atoms. The lowest BCUT2D eigenvalue weighted by molar-refractivity contribution is -0.114. The molecule has 0 unspecified atom stereocenters. The van der Waals surface area contributed by atoms with Crippen molar-refractivity contribution in [2.24, 2.45) is 4.99 Å². The fourth-order valence-corrected chi connectivity index (χ4v) is 1.63. The van der Waals surface area contributed by atoms with Crippen LogP contribution >= 0.6 is 0 Å². The van der Waals surface area contributed by atoms with Crippen molar-refractivity contribution in [3.8, 4) is 0 Å². The van der Waals surface area contributed by atoms with Gasteiger partial charge in [-0.15, -0.1) is 0 Å². The number of nitrogens with one attached hydrogen (secondary N) is 3. The average Bonchev–Trinajstić information content (AvgIpc) is 2.50. The van der Waals surface area contributed by atoms with Crippen LogP contribution in [0.4, 0.5) is 10.1 Å². The molecular weight excluding hydrogens is 299 g/mol. The van der Waals surface area contributed by atoms with Crippen LogP contribution in [0.2, 0.25) is 0 Å². The third kappa shape index (κ3) is 7.60. The molecule has 0 bridgehead atoms. The minimum Gasteiger partial charge on any atom is -0.377 e. The topological polar surface area (TPSA) is 74.8 Å². The maximum Gasteiger partial charge on any atom is 0.246 e. The Bertz CT molecular complexity index is 547. The Kier molecular flexibility index (Phi) is 7.47. The number of anilines is 1. The van der Waals surface area contributed by atoms with Crippen molar-refractivity contribution in [2.45, 2.75) is 26.4 Å². The van der Waals surface area contributed by atoms with Gasteiger partial charge >= 0.3 is 0 Å². The van der Waals surface area contributed by atoms with Gasteiger partial charge in [-0.25, -0.2) is 9.38 Å². The lowest BCUT2D eigenvalue weighted by atomic mass is 10.1. The fourth-order valence-electron chi connectivity index (χ4n) is 1.63. The lowest BCUT2D eigenvalue weighted by Crippen LogP contribution is -2.45.